The van der Waals surface area contributed by atoms with Gasteiger partial charge in [0.15, 0.2) is 0 Å². The minimum atomic E-state index is 0.0815. The van der Waals surface area contributed by atoms with Crippen LogP contribution in [-0.4, -0.2) is 37.8 Å². The lowest BCUT2D eigenvalue weighted by molar-refractivity contribution is -0.0692. The van der Waals surface area contributed by atoms with Crippen LogP contribution in [0.25, 0.3) is 0 Å². The Hall–Kier alpha value is -1.06. The van der Waals surface area contributed by atoms with E-state index in [1.165, 1.54) is 44.2 Å². The largest absolute Gasteiger partial charge is 0.497 e. The average molecular weight is 350 g/mol. The number of likely N-dealkylation sites (tertiary alicyclic amines) is 1. The van der Waals surface area contributed by atoms with Crippen molar-refractivity contribution < 1.29 is 9.47 Å². The highest BCUT2D eigenvalue weighted by atomic mass is 16.5. The molecule has 1 aliphatic heterocycles. The summed E-state index contributed by atoms with van der Waals surface area (Å²) in [5.74, 6) is 1.59. The molecule has 144 valence electrons. The van der Waals surface area contributed by atoms with Crippen molar-refractivity contribution in [2.45, 2.75) is 71.9 Å². The number of benzene rings is 1. The van der Waals surface area contributed by atoms with Crippen LogP contribution in [0.1, 0.15) is 65.4 Å². The predicted octanol–water partition coefficient (Wildman–Crippen LogP) is 5.53. The summed E-state index contributed by atoms with van der Waals surface area (Å²) in [4.78, 5) is 2.57. The first-order chi connectivity index (χ1) is 12.2. The van der Waals surface area contributed by atoms with E-state index in [1.54, 1.807) is 7.11 Å². The molecule has 0 amide bonds. The van der Waals surface area contributed by atoms with Gasteiger partial charge in [0, 0.05) is 26.1 Å². The van der Waals surface area contributed by atoms with Gasteiger partial charge in [-0.15, -0.1) is 0 Å². The Morgan fingerprint density at radius 1 is 1.04 bits per heavy atom. The van der Waals surface area contributed by atoms with Crippen LogP contribution < -0.4 is 4.74 Å². The Bertz CT molecular complexity index is 452. The van der Waals surface area contributed by atoms with E-state index < -0.39 is 0 Å². The first-order valence-electron chi connectivity index (χ1n) is 10.1. The normalized spacial score (nSPS) is 17.9. The lowest BCUT2D eigenvalue weighted by Crippen LogP contribution is -2.41. The van der Waals surface area contributed by atoms with Crippen molar-refractivity contribution in [3.8, 4) is 5.75 Å². The van der Waals surface area contributed by atoms with E-state index in [2.05, 4.69) is 43.0 Å². The highest BCUT2D eigenvalue weighted by Crippen LogP contribution is 2.38. The summed E-state index contributed by atoms with van der Waals surface area (Å²) in [6, 6.07) is 8.45. The van der Waals surface area contributed by atoms with E-state index in [0.717, 1.165) is 18.8 Å². The molecule has 25 heavy (non-hydrogen) atoms. The van der Waals surface area contributed by atoms with Crippen LogP contribution in [0.3, 0.4) is 0 Å². The minimum Gasteiger partial charge on any atom is -0.497 e. The molecule has 0 N–H and O–H groups in total. The zero-order valence-corrected chi connectivity index (χ0v) is 17.3. The first-order valence-corrected chi connectivity index (χ1v) is 10.1. The number of ether oxygens (including phenoxy) is 2. The van der Waals surface area contributed by atoms with Gasteiger partial charge < -0.3 is 9.47 Å². The zero-order chi connectivity index (χ0) is 18.7. The first kappa shape index (κ1) is 22.0. The highest BCUT2D eigenvalue weighted by molar-refractivity contribution is 5.27. The molecule has 1 aromatic rings. The van der Waals surface area contributed by atoms with Crippen molar-refractivity contribution in [1.29, 1.82) is 0 Å². The maximum absolute atomic E-state index is 6.09. The molecule has 0 saturated carbocycles. The standard InChI is InChI=1S/C20H33NO2.C2H6/c1-5-12-20(23-4,13-6-2)18-11-14-21(16-18)15-17-7-9-19(22-3)10-8-17;1-2/h7-10,18H,5-6,11-16H2,1-4H3;1-2H3. The van der Waals surface area contributed by atoms with E-state index in [0.29, 0.717) is 5.92 Å². The molecule has 0 aromatic heterocycles. The zero-order valence-electron chi connectivity index (χ0n) is 17.3. The Morgan fingerprint density at radius 2 is 1.64 bits per heavy atom. The van der Waals surface area contributed by atoms with Crippen LogP contribution in [-0.2, 0) is 11.3 Å². The van der Waals surface area contributed by atoms with Crippen molar-refractivity contribution in [3.05, 3.63) is 29.8 Å². The lowest BCUT2D eigenvalue weighted by atomic mass is 9.79. The third-order valence-electron chi connectivity index (χ3n) is 5.33. The van der Waals surface area contributed by atoms with E-state index in [4.69, 9.17) is 9.47 Å². The van der Waals surface area contributed by atoms with Crippen LogP contribution >= 0.6 is 0 Å². The van der Waals surface area contributed by atoms with Gasteiger partial charge in [0.2, 0.25) is 0 Å². The monoisotopic (exact) mass is 349 g/mol. The molecular formula is C22H39NO2. The highest BCUT2D eigenvalue weighted by Gasteiger charge is 2.41. The van der Waals surface area contributed by atoms with Gasteiger partial charge in [0.25, 0.3) is 0 Å². The summed E-state index contributed by atoms with van der Waals surface area (Å²) in [5.41, 5.74) is 1.44. The molecular weight excluding hydrogens is 310 g/mol. The van der Waals surface area contributed by atoms with Crippen molar-refractivity contribution in [3.63, 3.8) is 0 Å². The fraction of sp³-hybridized carbons (Fsp3) is 0.727. The SMILES string of the molecule is CC.CCCC(CCC)(OC)C1CCN(Cc2ccc(OC)cc2)C1. The van der Waals surface area contributed by atoms with E-state index in [-0.39, 0.29) is 5.60 Å². The number of nitrogens with zero attached hydrogens (tertiary/aromatic N) is 1. The summed E-state index contributed by atoms with van der Waals surface area (Å²) >= 11 is 0. The smallest absolute Gasteiger partial charge is 0.118 e. The van der Waals surface area contributed by atoms with E-state index >= 15 is 0 Å². The van der Waals surface area contributed by atoms with Gasteiger partial charge >= 0.3 is 0 Å². The summed E-state index contributed by atoms with van der Waals surface area (Å²) in [5, 5.41) is 0. The van der Waals surface area contributed by atoms with Crippen molar-refractivity contribution in [2.24, 2.45) is 5.92 Å². The quantitative estimate of drug-likeness (QED) is 0.585. The van der Waals surface area contributed by atoms with E-state index in [9.17, 15) is 0 Å². The number of rotatable bonds is 9. The summed E-state index contributed by atoms with van der Waals surface area (Å²) < 4.78 is 11.3. The number of hydrogen-bond donors (Lipinski definition) is 0. The lowest BCUT2D eigenvalue weighted by Gasteiger charge is -2.38. The van der Waals surface area contributed by atoms with Gasteiger partial charge in [0.05, 0.1) is 12.7 Å². The van der Waals surface area contributed by atoms with Gasteiger partial charge in [-0.2, -0.15) is 0 Å². The summed E-state index contributed by atoms with van der Waals surface area (Å²) in [6.07, 6.45) is 6.01. The second-order valence-electron chi connectivity index (χ2n) is 6.84. The van der Waals surface area contributed by atoms with Crippen LogP contribution in [0.2, 0.25) is 0 Å². The van der Waals surface area contributed by atoms with E-state index in [1.807, 2.05) is 21.0 Å². The molecule has 0 spiro atoms. The summed E-state index contributed by atoms with van der Waals surface area (Å²) in [7, 11) is 3.63. The molecule has 1 atom stereocenters. The van der Waals surface area contributed by atoms with Crippen LogP contribution in [0.15, 0.2) is 24.3 Å². The fourth-order valence-corrected chi connectivity index (χ4v) is 4.15. The molecule has 3 heteroatoms. The molecule has 1 aliphatic rings. The van der Waals surface area contributed by atoms with Crippen LogP contribution in [0, 0.1) is 5.92 Å². The topological polar surface area (TPSA) is 21.7 Å². The molecule has 3 nitrogen and oxygen atoms in total. The Morgan fingerprint density at radius 3 is 2.12 bits per heavy atom. The third kappa shape index (κ3) is 6.00. The van der Waals surface area contributed by atoms with Gasteiger partial charge in [-0.05, 0) is 43.5 Å². The minimum absolute atomic E-state index is 0.0815. The maximum atomic E-state index is 6.09. The molecule has 0 aliphatic carbocycles. The second kappa shape index (κ2) is 11.5. The Labute approximate surface area is 155 Å². The second-order valence-corrected chi connectivity index (χ2v) is 6.84. The molecule has 2 rings (SSSR count). The summed E-state index contributed by atoms with van der Waals surface area (Å²) in [6.45, 7) is 11.9. The number of methoxy groups -OCH3 is 2. The molecule has 1 heterocycles. The van der Waals surface area contributed by atoms with Gasteiger partial charge in [-0.1, -0.05) is 52.7 Å². The number of hydrogen-bond acceptors (Lipinski definition) is 3. The van der Waals surface area contributed by atoms with Gasteiger partial charge in [-0.3, -0.25) is 4.90 Å². The van der Waals surface area contributed by atoms with Crippen molar-refractivity contribution in [1.82, 2.24) is 4.90 Å². The molecule has 0 bridgehead atoms. The van der Waals surface area contributed by atoms with Crippen molar-refractivity contribution >= 4 is 0 Å². The van der Waals surface area contributed by atoms with Gasteiger partial charge in [0.1, 0.15) is 5.75 Å². The molecule has 1 unspecified atom stereocenters. The third-order valence-corrected chi connectivity index (χ3v) is 5.33. The van der Waals surface area contributed by atoms with Crippen LogP contribution in [0.5, 0.6) is 5.75 Å². The molecule has 0 radical (unpaired) electrons. The molecule has 1 aromatic carbocycles. The Kier molecular flexibility index (Phi) is 10.1. The predicted molar refractivity (Wildman–Crippen MR) is 107 cm³/mol. The van der Waals surface area contributed by atoms with Crippen LogP contribution in [0.4, 0.5) is 0 Å². The molecule has 1 saturated heterocycles. The van der Waals surface area contributed by atoms with Gasteiger partial charge in [-0.25, -0.2) is 0 Å². The Balaban J connectivity index is 0.00000151. The van der Waals surface area contributed by atoms with Crippen molar-refractivity contribution in [2.75, 3.05) is 27.3 Å². The average Bonchev–Trinajstić information content (AvgIpc) is 3.13. The fourth-order valence-electron chi connectivity index (χ4n) is 4.15. The maximum Gasteiger partial charge on any atom is 0.118 e. The molecule has 1 fully saturated rings.